The summed E-state index contributed by atoms with van der Waals surface area (Å²) in [6, 6.07) is 11.6. The normalized spacial score (nSPS) is 10.2. The second kappa shape index (κ2) is 6.00. The van der Waals surface area contributed by atoms with E-state index in [1.54, 1.807) is 18.3 Å². The number of pyridine rings is 1. The summed E-state index contributed by atoms with van der Waals surface area (Å²) in [5, 5.41) is 3.16. The van der Waals surface area contributed by atoms with Crippen molar-refractivity contribution in [3.63, 3.8) is 0 Å². The van der Waals surface area contributed by atoms with Crippen LogP contribution in [0.4, 0.5) is 5.82 Å². The van der Waals surface area contributed by atoms with Gasteiger partial charge in [0.25, 0.3) is 5.91 Å². The fraction of sp³-hybridized carbons (Fsp3) is 0.200. The van der Waals surface area contributed by atoms with Crippen LogP contribution >= 0.6 is 0 Å². The van der Waals surface area contributed by atoms with E-state index in [2.05, 4.69) is 29.4 Å². The number of amides is 1. The number of nitrogens with zero attached hydrogens (tertiary/aromatic N) is 1. The van der Waals surface area contributed by atoms with E-state index in [0.29, 0.717) is 17.9 Å². The van der Waals surface area contributed by atoms with Gasteiger partial charge in [-0.1, -0.05) is 24.3 Å². The van der Waals surface area contributed by atoms with E-state index in [9.17, 15) is 4.79 Å². The second-order valence-corrected chi connectivity index (χ2v) is 4.37. The molecule has 98 valence electrons. The average Bonchev–Trinajstić information content (AvgIpc) is 2.41. The van der Waals surface area contributed by atoms with Crippen LogP contribution in [0.15, 0.2) is 42.6 Å². The van der Waals surface area contributed by atoms with Gasteiger partial charge >= 0.3 is 0 Å². The van der Waals surface area contributed by atoms with Gasteiger partial charge in [-0.05, 0) is 36.6 Å². The van der Waals surface area contributed by atoms with E-state index >= 15 is 0 Å². The Hall–Kier alpha value is -2.36. The fourth-order valence-electron chi connectivity index (χ4n) is 1.95. The third-order valence-electron chi connectivity index (χ3n) is 3.02. The molecular formula is C15H17N3O. The highest BCUT2D eigenvalue weighted by molar-refractivity contribution is 5.97. The zero-order chi connectivity index (χ0) is 13.7. The van der Waals surface area contributed by atoms with E-state index < -0.39 is 5.91 Å². The number of rotatable bonds is 5. The lowest BCUT2D eigenvalue weighted by Gasteiger charge is -2.09. The molecule has 19 heavy (non-hydrogen) atoms. The molecule has 0 atom stereocenters. The summed E-state index contributed by atoms with van der Waals surface area (Å²) in [6.45, 7) is 2.80. The molecule has 0 aliphatic rings. The van der Waals surface area contributed by atoms with Gasteiger partial charge in [-0.15, -0.1) is 0 Å². The molecular weight excluding hydrogens is 238 g/mol. The van der Waals surface area contributed by atoms with Crippen LogP contribution in [0.3, 0.4) is 0 Å². The van der Waals surface area contributed by atoms with Crippen LogP contribution in [0.25, 0.3) is 0 Å². The van der Waals surface area contributed by atoms with Crippen molar-refractivity contribution in [1.82, 2.24) is 4.98 Å². The highest BCUT2D eigenvalue weighted by Gasteiger charge is 2.07. The largest absolute Gasteiger partial charge is 0.369 e. The first-order valence-electron chi connectivity index (χ1n) is 6.21. The molecule has 2 rings (SSSR count). The molecule has 4 heteroatoms. The number of hydrogen-bond donors (Lipinski definition) is 2. The summed E-state index contributed by atoms with van der Waals surface area (Å²) in [4.78, 5) is 15.4. The third-order valence-corrected chi connectivity index (χ3v) is 3.02. The second-order valence-electron chi connectivity index (χ2n) is 4.37. The summed E-state index contributed by atoms with van der Waals surface area (Å²) in [5.74, 6) is 0.0788. The third kappa shape index (κ3) is 3.31. The maximum Gasteiger partial charge on any atom is 0.252 e. The van der Waals surface area contributed by atoms with Crippen molar-refractivity contribution in [2.24, 2.45) is 5.73 Å². The van der Waals surface area contributed by atoms with Crippen molar-refractivity contribution in [2.45, 2.75) is 13.3 Å². The fourth-order valence-corrected chi connectivity index (χ4v) is 1.95. The molecule has 1 aromatic heterocycles. The van der Waals surface area contributed by atoms with Crippen molar-refractivity contribution in [2.75, 3.05) is 11.9 Å². The Bertz CT molecular complexity index is 581. The van der Waals surface area contributed by atoms with Gasteiger partial charge in [-0.2, -0.15) is 0 Å². The predicted molar refractivity (Wildman–Crippen MR) is 76.1 cm³/mol. The van der Waals surface area contributed by atoms with Gasteiger partial charge < -0.3 is 11.1 Å². The molecule has 0 fully saturated rings. The molecule has 0 radical (unpaired) electrons. The molecule has 0 unspecified atom stereocenters. The van der Waals surface area contributed by atoms with Crippen LogP contribution < -0.4 is 11.1 Å². The van der Waals surface area contributed by atoms with E-state index in [-0.39, 0.29) is 0 Å². The summed E-state index contributed by atoms with van der Waals surface area (Å²) in [7, 11) is 0. The maximum absolute atomic E-state index is 11.3. The van der Waals surface area contributed by atoms with Crippen molar-refractivity contribution in [3.8, 4) is 0 Å². The zero-order valence-corrected chi connectivity index (χ0v) is 10.9. The Morgan fingerprint density at radius 3 is 2.79 bits per heavy atom. The molecule has 0 saturated carbocycles. The number of aromatic nitrogens is 1. The van der Waals surface area contributed by atoms with Crippen LogP contribution in [0, 0.1) is 6.92 Å². The van der Waals surface area contributed by atoms with E-state index in [1.807, 2.05) is 12.1 Å². The summed E-state index contributed by atoms with van der Waals surface area (Å²) in [6.07, 6.45) is 2.52. The monoisotopic (exact) mass is 255 g/mol. The minimum atomic E-state index is -0.466. The van der Waals surface area contributed by atoms with Gasteiger partial charge in [0, 0.05) is 12.7 Å². The van der Waals surface area contributed by atoms with Crippen LogP contribution in [-0.2, 0) is 6.42 Å². The van der Waals surface area contributed by atoms with Gasteiger partial charge in [0.1, 0.15) is 5.82 Å². The van der Waals surface area contributed by atoms with Gasteiger partial charge in [-0.3, -0.25) is 4.79 Å². The standard InChI is InChI=1S/C15H17N3O/c1-11-5-2-3-6-12(11)8-10-18-15-13(14(16)19)7-4-9-17-15/h2-7,9H,8,10H2,1H3,(H2,16,19)(H,17,18). The Kier molecular flexibility index (Phi) is 4.13. The number of carbonyl (C=O) groups excluding carboxylic acids is 1. The molecule has 1 amide bonds. The molecule has 1 heterocycles. The predicted octanol–water partition coefficient (Wildman–Crippen LogP) is 2.14. The molecule has 0 spiro atoms. The highest BCUT2D eigenvalue weighted by atomic mass is 16.1. The SMILES string of the molecule is Cc1ccccc1CCNc1ncccc1C(N)=O. The maximum atomic E-state index is 11.3. The molecule has 0 saturated heterocycles. The molecule has 1 aromatic carbocycles. The number of anilines is 1. The van der Waals surface area contributed by atoms with Crippen LogP contribution in [-0.4, -0.2) is 17.4 Å². The quantitative estimate of drug-likeness (QED) is 0.860. The summed E-state index contributed by atoms with van der Waals surface area (Å²) < 4.78 is 0. The molecule has 2 aromatic rings. The molecule has 4 nitrogen and oxygen atoms in total. The Morgan fingerprint density at radius 1 is 1.26 bits per heavy atom. The Balaban J connectivity index is 2.00. The minimum Gasteiger partial charge on any atom is -0.369 e. The van der Waals surface area contributed by atoms with Gasteiger partial charge in [-0.25, -0.2) is 4.98 Å². The van der Waals surface area contributed by atoms with Crippen molar-refractivity contribution < 1.29 is 4.79 Å². The first kappa shape index (κ1) is 13.1. The lowest BCUT2D eigenvalue weighted by Crippen LogP contribution is -2.16. The summed E-state index contributed by atoms with van der Waals surface area (Å²) in [5.41, 5.74) is 8.27. The topological polar surface area (TPSA) is 68.0 Å². The van der Waals surface area contributed by atoms with Crippen molar-refractivity contribution in [3.05, 3.63) is 59.3 Å². The number of carbonyl (C=O) groups is 1. The number of aryl methyl sites for hydroxylation is 1. The van der Waals surface area contributed by atoms with Crippen molar-refractivity contribution >= 4 is 11.7 Å². The van der Waals surface area contributed by atoms with E-state index in [0.717, 1.165) is 6.42 Å². The minimum absolute atomic E-state index is 0.423. The van der Waals surface area contributed by atoms with Crippen LogP contribution in [0.2, 0.25) is 0 Å². The van der Waals surface area contributed by atoms with E-state index in [1.165, 1.54) is 11.1 Å². The van der Waals surface area contributed by atoms with E-state index in [4.69, 9.17) is 5.73 Å². The van der Waals surface area contributed by atoms with Gasteiger partial charge in [0.05, 0.1) is 5.56 Å². The Labute approximate surface area is 112 Å². The lowest BCUT2D eigenvalue weighted by molar-refractivity contribution is 0.100. The number of hydrogen-bond acceptors (Lipinski definition) is 3. The smallest absolute Gasteiger partial charge is 0.252 e. The number of nitrogens with two attached hydrogens (primary N) is 1. The number of benzene rings is 1. The number of primary amides is 1. The molecule has 0 aliphatic carbocycles. The molecule has 3 N–H and O–H groups in total. The molecule has 0 aliphatic heterocycles. The Morgan fingerprint density at radius 2 is 2.05 bits per heavy atom. The number of nitrogens with one attached hydrogen (secondary N) is 1. The lowest BCUT2D eigenvalue weighted by atomic mass is 10.1. The van der Waals surface area contributed by atoms with Gasteiger partial charge in [0.15, 0.2) is 0 Å². The first-order chi connectivity index (χ1) is 9.18. The first-order valence-corrected chi connectivity index (χ1v) is 6.21. The van der Waals surface area contributed by atoms with Crippen LogP contribution in [0.1, 0.15) is 21.5 Å². The average molecular weight is 255 g/mol. The highest BCUT2D eigenvalue weighted by Crippen LogP contribution is 2.12. The summed E-state index contributed by atoms with van der Waals surface area (Å²) >= 11 is 0. The van der Waals surface area contributed by atoms with Crippen LogP contribution in [0.5, 0.6) is 0 Å². The van der Waals surface area contributed by atoms with Crippen molar-refractivity contribution in [1.29, 1.82) is 0 Å². The molecule has 0 bridgehead atoms. The van der Waals surface area contributed by atoms with Gasteiger partial charge in [0.2, 0.25) is 0 Å². The zero-order valence-electron chi connectivity index (χ0n) is 10.9.